The molecule has 1 heterocycles. The van der Waals surface area contributed by atoms with E-state index >= 15 is 0 Å². The zero-order valence-corrected chi connectivity index (χ0v) is 12.6. The van der Waals surface area contributed by atoms with Gasteiger partial charge >= 0.3 is 0 Å². The van der Waals surface area contributed by atoms with Crippen LogP contribution in [-0.2, 0) is 4.74 Å². The van der Waals surface area contributed by atoms with Gasteiger partial charge in [0.15, 0.2) is 6.40 Å². The lowest BCUT2D eigenvalue weighted by atomic mass is 10.1. The maximum atomic E-state index is 4.65. The summed E-state index contributed by atoms with van der Waals surface area (Å²) in [6.07, 6.45) is 17.4. The van der Waals surface area contributed by atoms with Crippen LogP contribution in [0.3, 0.4) is 0 Å². The molecule has 0 fully saturated rings. The van der Waals surface area contributed by atoms with Gasteiger partial charge in [-0.25, -0.2) is 0 Å². The van der Waals surface area contributed by atoms with Crippen LogP contribution in [0, 0.1) is 0 Å². The van der Waals surface area contributed by atoms with E-state index in [-0.39, 0.29) is 0 Å². The fraction of sp³-hybridized carbons (Fsp3) is 0.938. The predicted octanol–water partition coefficient (Wildman–Crippen LogP) is 5.36. The normalized spacial score (nSPS) is 13.0. The highest BCUT2D eigenvalue weighted by Gasteiger charge is 1.91. The van der Waals surface area contributed by atoms with Crippen molar-refractivity contribution in [3.8, 4) is 0 Å². The maximum absolute atomic E-state index is 4.65. The highest BCUT2D eigenvalue weighted by atomic mass is 16.5. The third kappa shape index (κ3) is 15.5. The van der Waals surface area contributed by atoms with Crippen LogP contribution in [-0.4, -0.2) is 19.6 Å². The lowest BCUT2D eigenvalue weighted by Gasteiger charge is -2.00. The summed E-state index contributed by atoms with van der Waals surface area (Å²) >= 11 is 0. The van der Waals surface area contributed by atoms with Gasteiger partial charge in [0, 0.05) is 0 Å². The summed E-state index contributed by atoms with van der Waals surface area (Å²) < 4.78 is 4.65. The van der Waals surface area contributed by atoms with Crippen molar-refractivity contribution in [2.24, 2.45) is 4.99 Å². The Labute approximate surface area is 114 Å². The molecule has 0 aromatic heterocycles. The van der Waals surface area contributed by atoms with Crippen LogP contribution in [0.4, 0.5) is 0 Å². The Kier molecular flexibility index (Phi) is 16.0. The largest absolute Gasteiger partial charge is 0.482 e. The Morgan fingerprint density at radius 3 is 1.44 bits per heavy atom. The first-order chi connectivity index (χ1) is 8.91. The average molecular weight is 255 g/mol. The van der Waals surface area contributed by atoms with Crippen LogP contribution >= 0.6 is 0 Å². The van der Waals surface area contributed by atoms with E-state index in [2.05, 4.69) is 23.6 Å². The van der Waals surface area contributed by atoms with Gasteiger partial charge in [-0.2, -0.15) is 0 Å². The molecule has 0 unspecified atom stereocenters. The van der Waals surface area contributed by atoms with Crippen LogP contribution in [0.5, 0.6) is 0 Å². The minimum absolute atomic E-state index is 0.778. The van der Waals surface area contributed by atoms with Crippen molar-refractivity contribution in [3.63, 3.8) is 0 Å². The first kappa shape index (κ1) is 17.5. The molecule has 0 aromatic carbocycles. The van der Waals surface area contributed by atoms with E-state index in [1.807, 2.05) is 0 Å². The van der Waals surface area contributed by atoms with Crippen molar-refractivity contribution in [1.29, 1.82) is 0 Å². The molecule has 0 aliphatic carbocycles. The number of rotatable bonds is 10. The molecule has 0 spiro atoms. The number of ether oxygens (including phenoxy) is 1. The van der Waals surface area contributed by atoms with Crippen LogP contribution in [0.15, 0.2) is 4.99 Å². The Balaban J connectivity index is 0.000000473. The van der Waals surface area contributed by atoms with E-state index in [0.717, 1.165) is 13.2 Å². The number of aliphatic imine (C=N–C) groups is 1. The second-order valence-electron chi connectivity index (χ2n) is 5.06. The number of unbranched alkanes of at least 4 members (excludes halogenated alkanes) is 10. The van der Waals surface area contributed by atoms with E-state index < -0.39 is 0 Å². The van der Waals surface area contributed by atoms with Crippen LogP contribution in [0.1, 0.15) is 84.5 Å². The molecule has 0 atom stereocenters. The second kappa shape index (κ2) is 16.5. The number of nitrogens with zero attached hydrogens (tertiary/aromatic N) is 1. The van der Waals surface area contributed by atoms with Crippen LogP contribution in [0.2, 0.25) is 0 Å². The molecule has 0 N–H and O–H groups in total. The lowest BCUT2D eigenvalue weighted by molar-refractivity contribution is 0.361. The fourth-order valence-corrected chi connectivity index (χ4v) is 2.00. The summed E-state index contributed by atoms with van der Waals surface area (Å²) in [5.74, 6) is 0. The van der Waals surface area contributed by atoms with Crippen molar-refractivity contribution in [1.82, 2.24) is 0 Å². The summed E-state index contributed by atoms with van der Waals surface area (Å²) in [5.41, 5.74) is 0. The highest BCUT2D eigenvalue weighted by molar-refractivity contribution is 5.47. The van der Waals surface area contributed by atoms with E-state index in [9.17, 15) is 0 Å². The standard InChI is InChI=1S/C13H28.C3H5NO/c1-3-5-7-9-11-13-12-10-8-6-4-2;1-2-5-3-4-1/h3-13H2,1-2H3;3H,1-2H2. The molecule has 1 aliphatic heterocycles. The Morgan fingerprint density at radius 1 is 0.778 bits per heavy atom. The van der Waals surface area contributed by atoms with Gasteiger partial charge < -0.3 is 4.74 Å². The first-order valence-corrected chi connectivity index (χ1v) is 8.01. The monoisotopic (exact) mass is 255 g/mol. The van der Waals surface area contributed by atoms with Gasteiger partial charge in [0.1, 0.15) is 6.61 Å². The van der Waals surface area contributed by atoms with Gasteiger partial charge in [0.05, 0.1) is 6.54 Å². The summed E-state index contributed by atoms with van der Waals surface area (Å²) in [6, 6.07) is 0. The topological polar surface area (TPSA) is 21.6 Å². The summed E-state index contributed by atoms with van der Waals surface area (Å²) in [5, 5.41) is 0. The van der Waals surface area contributed by atoms with Gasteiger partial charge in [-0.15, -0.1) is 0 Å². The third-order valence-corrected chi connectivity index (χ3v) is 3.19. The van der Waals surface area contributed by atoms with E-state index in [0.29, 0.717) is 0 Å². The minimum Gasteiger partial charge on any atom is -0.482 e. The summed E-state index contributed by atoms with van der Waals surface area (Å²) in [6.45, 7) is 6.19. The Hall–Kier alpha value is -0.530. The molecule has 0 aromatic rings. The molecule has 2 nitrogen and oxygen atoms in total. The Bertz CT molecular complexity index is 152. The number of hydrogen-bond acceptors (Lipinski definition) is 2. The molecule has 1 aliphatic rings. The summed E-state index contributed by atoms with van der Waals surface area (Å²) in [4.78, 5) is 3.74. The molecular formula is C16H33NO. The van der Waals surface area contributed by atoms with Gasteiger partial charge in [-0.3, -0.25) is 4.99 Å². The van der Waals surface area contributed by atoms with E-state index in [1.54, 1.807) is 0 Å². The highest BCUT2D eigenvalue weighted by Crippen LogP contribution is 2.10. The van der Waals surface area contributed by atoms with Crippen molar-refractivity contribution in [2.45, 2.75) is 84.5 Å². The van der Waals surface area contributed by atoms with Crippen molar-refractivity contribution >= 4 is 6.40 Å². The van der Waals surface area contributed by atoms with Crippen molar-refractivity contribution < 1.29 is 4.74 Å². The predicted molar refractivity (Wildman–Crippen MR) is 81.4 cm³/mol. The average Bonchev–Trinajstić information content (AvgIpc) is 2.96. The molecule has 18 heavy (non-hydrogen) atoms. The van der Waals surface area contributed by atoms with Gasteiger partial charge in [-0.05, 0) is 0 Å². The zero-order valence-electron chi connectivity index (χ0n) is 12.6. The third-order valence-electron chi connectivity index (χ3n) is 3.19. The fourth-order valence-electron chi connectivity index (χ4n) is 2.00. The second-order valence-corrected chi connectivity index (χ2v) is 5.06. The van der Waals surface area contributed by atoms with Crippen LogP contribution in [0.25, 0.3) is 0 Å². The Morgan fingerprint density at radius 2 is 1.22 bits per heavy atom. The van der Waals surface area contributed by atoms with Gasteiger partial charge in [-0.1, -0.05) is 84.5 Å². The maximum Gasteiger partial charge on any atom is 0.169 e. The van der Waals surface area contributed by atoms with E-state index in [1.165, 1.54) is 77.0 Å². The molecule has 108 valence electrons. The van der Waals surface area contributed by atoms with Crippen molar-refractivity contribution in [3.05, 3.63) is 0 Å². The number of hydrogen-bond donors (Lipinski definition) is 0. The van der Waals surface area contributed by atoms with Crippen molar-refractivity contribution in [2.75, 3.05) is 13.2 Å². The molecule has 2 heteroatoms. The van der Waals surface area contributed by atoms with Gasteiger partial charge in [0.2, 0.25) is 0 Å². The summed E-state index contributed by atoms with van der Waals surface area (Å²) in [7, 11) is 0. The molecule has 0 bridgehead atoms. The first-order valence-electron chi connectivity index (χ1n) is 8.01. The van der Waals surface area contributed by atoms with Crippen LogP contribution < -0.4 is 0 Å². The molecular weight excluding hydrogens is 222 g/mol. The molecule has 0 saturated heterocycles. The quantitative estimate of drug-likeness (QED) is 0.481. The smallest absolute Gasteiger partial charge is 0.169 e. The molecule has 0 amide bonds. The molecule has 0 radical (unpaired) electrons. The molecule has 1 rings (SSSR count). The SMILES string of the molecule is C1=NCCO1.CCCCCCCCCCCCC. The molecule has 0 saturated carbocycles. The lowest BCUT2D eigenvalue weighted by Crippen LogP contribution is -1.80. The van der Waals surface area contributed by atoms with Gasteiger partial charge in [0.25, 0.3) is 0 Å². The minimum atomic E-state index is 0.778. The zero-order chi connectivity index (χ0) is 13.3. The van der Waals surface area contributed by atoms with E-state index in [4.69, 9.17) is 0 Å².